The number of halogens is 1. The molecular weight excluding hydrogens is 347 g/mol. The van der Waals surface area contributed by atoms with Gasteiger partial charge in [0.05, 0.1) is 12.7 Å². The van der Waals surface area contributed by atoms with Gasteiger partial charge in [0.1, 0.15) is 5.82 Å². The molecule has 1 saturated carbocycles. The third-order valence-electron chi connectivity index (χ3n) is 7.12. The first-order chi connectivity index (χ1) is 13.5. The zero-order valence-corrected chi connectivity index (χ0v) is 17.5. The van der Waals surface area contributed by atoms with E-state index in [1.807, 2.05) is 13.0 Å². The average molecular weight is 381 g/mol. The van der Waals surface area contributed by atoms with E-state index in [4.69, 9.17) is 4.74 Å². The highest BCUT2D eigenvalue weighted by molar-refractivity contribution is 5.68. The van der Waals surface area contributed by atoms with Gasteiger partial charge in [0.25, 0.3) is 0 Å². The Labute approximate surface area is 169 Å². The van der Waals surface area contributed by atoms with E-state index in [2.05, 4.69) is 44.2 Å². The molecule has 0 bridgehead atoms. The minimum Gasteiger partial charge on any atom is -0.377 e. The van der Waals surface area contributed by atoms with E-state index in [-0.39, 0.29) is 11.7 Å². The molecule has 0 spiro atoms. The van der Waals surface area contributed by atoms with Crippen LogP contribution >= 0.6 is 0 Å². The topological polar surface area (TPSA) is 9.23 Å². The molecule has 2 heteroatoms. The van der Waals surface area contributed by atoms with Gasteiger partial charge >= 0.3 is 0 Å². The molecule has 1 heterocycles. The van der Waals surface area contributed by atoms with Crippen LogP contribution in [0.3, 0.4) is 0 Å². The van der Waals surface area contributed by atoms with Crippen LogP contribution in [-0.2, 0) is 4.74 Å². The van der Waals surface area contributed by atoms with Crippen LogP contribution in [0.2, 0.25) is 0 Å². The maximum Gasteiger partial charge on any atom is 0.130 e. The van der Waals surface area contributed by atoms with E-state index < -0.39 is 0 Å². The Kier molecular flexibility index (Phi) is 5.87. The molecule has 2 aliphatic rings. The maximum atomic E-state index is 15.3. The molecule has 0 amide bonds. The minimum absolute atomic E-state index is 0.0448. The van der Waals surface area contributed by atoms with E-state index in [0.717, 1.165) is 41.0 Å². The van der Waals surface area contributed by atoms with E-state index in [1.165, 1.54) is 31.2 Å². The monoisotopic (exact) mass is 380 g/mol. The normalized spacial score (nSPS) is 28.3. The maximum absolute atomic E-state index is 15.3. The highest BCUT2D eigenvalue weighted by Crippen LogP contribution is 2.39. The van der Waals surface area contributed by atoms with Crippen LogP contribution in [-0.4, -0.2) is 12.7 Å². The average Bonchev–Trinajstić information content (AvgIpc) is 2.72. The largest absolute Gasteiger partial charge is 0.377 e. The van der Waals surface area contributed by atoms with Gasteiger partial charge in [-0.2, -0.15) is 0 Å². The van der Waals surface area contributed by atoms with Gasteiger partial charge < -0.3 is 4.74 Å². The van der Waals surface area contributed by atoms with Crippen molar-refractivity contribution in [1.29, 1.82) is 0 Å². The van der Waals surface area contributed by atoms with Crippen molar-refractivity contribution in [2.24, 2.45) is 11.8 Å². The summed E-state index contributed by atoms with van der Waals surface area (Å²) in [6.45, 7) is 7.00. The Morgan fingerprint density at radius 3 is 2.21 bits per heavy atom. The van der Waals surface area contributed by atoms with Crippen molar-refractivity contribution in [3.05, 3.63) is 58.9 Å². The lowest BCUT2D eigenvalue weighted by atomic mass is 9.77. The summed E-state index contributed by atoms with van der Waals surface area (Å²) in [6.07, 6.45) is 7.77. The molecule has 2 aromatic carbocycles. The zero-order valence-electron chi connectivity index (χ0n) is 17.5. The first-order valence-electron chi connectivity index (χ1n) is 11.0. The summed E-state index contributed by atoms with van der Waals surface area (Å²) >= 11 is 0. The van der Waals surface area contributed by atoms with Crippen molar-refractivity contribution in [1.82, 2.24) is 0 Å². The number of aryl methyl sites for hydroxylation is 1. The van der Waals surface area contributed by atoms with Crippen molar-refractivity contribution >= 4 is 0 Å². The van der Waals surface area contributed by atoms with Crippen LogP contribution in [0.25, 0.3) is 11.1 Å². The third-order valence-corrected chi connectivity index (χ3v) is 7.12. The Morgan fingerprint density at radius 2 is 1.57 bits per heavy atom. The third kappa shape index (κ3) is 4.03. The second kappa shape index (κ2) is 8.37. The Balaban J connectivity index is 1.45. The fourth-order valence-electron chi connectivity index (χ4n) is 5.11. The predicted molar refractivity (Wildman–Crippen MR) is 114 cm³/mol. The van der Waals surface area contributed by atoms with E-state index >= 15 is 4.39 Å². The molecule has 4 rings (SSSR count). The summed E-state index contributed by atoms with van der Waals surface area (Å²) in [5, 5.41) is 0. The summed E-state index contributed by atoms with van der Waals surface area (Å²) in [5.41, 5.74) is 4.89. The van der Waals surface area contributed by atoms with Crippen LogP contribution in [0.15, 0.2) is 36.4 Å². The molecule has 0 aromatic heterocycles. The minimum atomic E-state index is -0.0448. The van der Waals surface area contributed by atoms with Gasteiger partial charge in [0, 0.05) is 5.92 Å². The predicted octanol–water partition coefficient (Wildman–Crippen LogP) is 7.20. The van der Waals surface area contributed by atoms with Crippen LogP contribution < -0.4 is 0 Å². The van der Waals surface area contributed by atoms with Crippen molar-refractivity contribution < 1.29 is 9.13 Å². The molecule has 1 nitrogen and oxygen atoms in total. The van der Waals surface area contributed by atoms with Gasteiger partial charge in [-0.15, -0.1) is 0 Å². The highest BCUT2D eigenvalue weighted by atomic mass is 19.1. The fourth-order valence-corrected chi connectivity index (χ4v) is 5.11. The number of hydrogen-bond donors (Lipinski definition) is 0. The van der Waals surface area contributed by atoms with E-state index in [0.29, 0.717) is 18.6 Å². The molecule has 1 aliphatic carbocycles. The number of ether oxygens (including phenoxy) is 1. The zero-order chi connectivity index (χ0) is 19.7. The molecule has 2 fully saturated rings. The molecule has 2 aromatic rings. The van der Waals surface area contributed by atoms with Gasteiger partial charge in [0.2, 0.25) is 0 Å². The first-order valence-corrected chi connectivity index (χ1v) is 11.0. The molecule has 150 valence electrons. The molecule has 28 heavy (non-hydrogen) atoms. The van der Waals surface area contributed by atoms with Crippen LogP contribution in [0.4, 0.5) is 4.39 Å². The van der Waals surface area contributed by atoms with Crippen molar-refractivity contribution in [3.8, 4) is 11.1 Å². The summed E-state index contributed by atoms with van der Waals surface area (Å²) in [6, 6.07) is 12.4. The van der Waals surface area contributed by atoms with E-state index in [1.54, 1.807) is 0 Å². The first kappa shape index (κ1) is 19.6. The van der Waals surface area contributed by atoms with Crippen LogP contribution in [0.5, 0.6) is 0 Å². The molecule has 2 atom stereocenters. The summed E-state index contributed by atoms with van der Waals surface area (Å²) in [7, 11) is 0. The second-order valence-electron chi connectivity index (χ2n) is 9.17. The van der Waals surface area contributed by atoms with Crippen LogP contribution in [0.1, 0.15) is 68.1 Å². The van der Waals surface area contributed by atoms with Gasteiger partial charge in [-0.3, -0.25) is 0 Å². The lowest BCUT2D eigenvalue weighted by Gasteiger charge is -2.37. The molecular formula is C26H33FO. The number of rotatable bonds is 3. The molecule has 1 aliphatic heterocycles. The van der Waals surface area contributed by atoms with Crippen LogP contribution in [0, 0.1) is 31.5 Å². The van der Waals surface area contributed by atoms with E-state index in [9.17, 15) is 0 Å². The smallest absolute Gasteiger partial charge is 0.130 e. The van der Waals surface area contributed by atoms with Crippen molar-refractivity contribution in [2.45, 2.75) is 71.3 Å². The molecule has 0 radical (unpaired) electrons. The lowest BCUT2D eigenvalue weighted by molar-refractivity contribution is -0.0431. The quantitative estimate of drug-likeness (QED) is 0.547. The Bertz CT molecular complexity index is 794. The number of benzene rings is 2. The van der Waals surface area contributed by atoms with Gasteiger partial charge in [-0.25, -0.2) is 4.39 Å². The summed E-state index contributed by atoms with van der Waals surface area (Å²) in [5.74, 6) is 1.73. The Hall–Kier alpha value is -1.67. The SMILES string of the molecule is Cc1ccc(-c2ccc(C3CCC(C4CCC(C)CC4)OC3)c(F)c2C)cc1. The lowest BCUT2D eigenvalue weighted by Crippen LogP contribution is -2.33. The standard InChI is InChI=1S/C26H33FO/c1-17-4-8-20(9-5-17)23-13-14-24(26(27)19(23)3)22-12-15-25(28-16-22)21-10-6-18(2)7-11-21/h4-5,8-9,13-14,18,21-22,25H,6-7,10-12,15-16H2,1-3H3. The highest BCUT2D eigenvalue weighted by Gasteiger charge is 2.32. The van der Waals surface area contributed by atoms with Crippen molar-refractivity contribution in [2.75, 3.05) is 6.61 Å². The molecule has 0 N–H and O–H groups in total. The molecule has 2 unspecified atom stereocenters. The molecule has 1 saturated heterocycles. The summed E-state index contributed by atoms with van der Waals surface area (Å²) in [4.78, 5) is 0. The number of hydrogen-bond acceptors (Lipinski definition) is 1. The van der Waals surface area contributed by atoms with Gasteiger partial charge in [-0.05, 0) is 73.6 Å². The van der Waals surface area contributed by atoms with Gasteiger partial charge in [0.15, 0.2) is 0 Å². The van der Waals surface area contributed by atoms with Gasteiger partial charge in [-0.1, -0.05) is 61.7 Å². The Morgan fingerprint density at radius 1 is 0.857 bits per heavy atom. The fraction of sp³-hybridized carbons (Fsp3) is 0.538. The second-order valence-corrected chi connectivity index (χ2v) is 9.17. The van der Waals surface area contributed by atoms with Crippen molar-refractivity contribution in [3.63, 3.8) is 0 Å². The summed E-state index contributed by atoms with van der Waals surface area (Å²) < 4.78 is 21.5.